The van der Waals surface area contributed by atoms with Gasteiger partial charge in [-0.1, -0.05) is 19.8 Å². The smallest absolute Gasteiger partial charge is 0.309 e. The third-order valence-corrected chi connectivity index (χ3v) is 4.35. The molecule has 0 saturated heterocycles. The predicted octanol–water partition coefficient (Wildman–Crippen LogP) is 2.63. The Hall–Kier alpha value is -0.570. The summed E-state index contributed by atoms with van der Waals surface area (Å²) in [5.41, 5.74) is 5.92. The first-order chi connectivity index (χ1) is 8.16. The van der Waals surface area contributed by atoms with Crippen molar-refractivity contribution < 1.29 is 9.53 Å². The Morgan fingerprint density at radius 2 is 1.88 bits per heavy atom. The first-order valence-corrected chi connectivity index (χ1v) is 7.13. The molecule has 2 rings (SSSR count). The minimum absolute atomic E-state index is 0.0129. The molecule has 0 heterocycles. The molecular formula is C14H25NO2. The minimum Gasteiger partial charge on any atom is -0.462 e. The van der Waals surface area contributed by atoms with Gasteiger partial charge < -0.3 is 10.5 Å². The van der Waals surface area contributed by atoms with Gasteiger partial charge in [-0.25, -0.2) is 0 Å². The number of carbonyl (C=O) groups excluding carboxylic acids is 1. The Labute approximate surface area is 104 Å². The fourth-order valence-electron chi connectivity index (χ4n) is 3.14. The molecule has 0 radical (unpaired) electrons. The van der Waals surface area contributed by atoms with Crippen LogP contribution >= 0.6 is 0 Å². The number of rotatable bonds is 2. The molecule has 3 nitrogen and oxygen atoms in total. The van der Waals surface area contributed by atoms with E-state index in [2.05, 4.69) is 6.92 Å². The molecule has 2 saturated carbocycles. The van der Waals surface area contributed by atoms with Gasteiger partial charge in [0.05, 0.1) is 5.92 Å². The van der Waals surface area contributed by atoms with Crippen LogP contribution in [0.4, 0.5) is 0 Å². The van der Waals surface area contributed by atoms with Gasteiger partial charge in [0.1, 0.15) is 6.10 Å². The predicted molar refractivity (Wildman–Crippen MR) is 67.4 cm³/mol. The zero-order valence-corrected chi connectivity index (χ0v) is 10.9. The standard InChI is InChI=1S/C14H25NO2/c1-10-5-2-3-8-13(10)17-14(16)11-6-4-7-12(15)9-11/h10-13H,2-9,15H2,1H3. The lowest BCUT2D eigenvalue weighted by Crippen LogP contribution is -2.36. The summed E-state index contributed by atoms with van der Waals surface area (Å²) in [5, 5.41) is 0. The molecule has 0 amide bonds. The van der Waals surface area contributed by atoms with Crippen molar-refractivity contribution in [3.8, 4) is 0 Å². The van der Waals surface area contributed by atoms with Crippen LogP contribution in [0.1, 0.15) is 58.3 Å². The lowest BCUT2D eigenvalue weighted by atomic mass is 9.85. The van der Waals surface area contributed by atoms with E-state index in [1.54, 1.807) is 0 Å². The second-order valence-electron chi connectivity index (χ2n) is 5.86. The van der Waals surface area contributed by atoms with Crippen molar-refractivity contribution in [2.24, 2.45) is 17.6 Å². The van der Waals surface area contributed by atoms with Gasteiger partial charge in [0, 0.05) is 6.04 Å². The summed E-state index contributed by atoms with van der Waals surface area (Å²) in [5.74, 6) is 0.608. The van der Waals surface area contributed by atoms with Crippen LogP contribution in [0.2, 0.25) is 0 Å². The summed E-state index contributed by atoms with van der Waals surface area (Å²) >= 11 is 0. The van der Waals surface area contributed by atoms with E-state index in [1.807, 2.05) is 0 Å². The molecule has 3 heteroatoms. The molecule has 0 spiro atoms. The maximum Gasteiger partial charge on any atom is 0.309 e. The van der Waals surface area contributed by atoms with Gasteiger partial charge in [-0.3, -0.25) is 4.79 Å². The molecule has 98 valence electrons. The number of nitrogens with two attached hydrogens (primary N) is 1. The Kier molecular flexibility index (Phi) is 4.43. The Balaban J connectivity index is 1.83. The van der Waals surface area contributed by atoms with Crippen LogP contribution in [0.25, 0.3) is 0 Å². The summed E-state index contributed by atoms with van der Waals surface area (Å²) in [6, 6.07) is 0.199. The van der Waals surface area contributed by atoms with Gasteiger partial charge in [-0.2, -0.15) is 0 Å². The second-order valence-corrected chi connectivity index (χ2v) is 5.86. The summed E-state index contributed by atoms with van der Waals surface area (Å²) in [4.78, 5) is 12.1. The number of ether oxygens (including phenoxy) is 1. The average Bonchev–Trinajstić information content (AvgIpc) is 2.32. The third kappa shape index (κ3) is 3.44. The lowest BCUT2D eigenvalue weighted by Gasteiger charge is -2.31. The van der Waals surface area contributed by atoms with Crippen molar-refractivity contribution >= 4 is 5.97 Å². The zero-order chi connectivity index (χ0) is 12.3. The van der Waals surface area contributed by atoms with Crippen LogP contribution in [0.3, 0.4) is 0 Å². The molecular weight excluding hydrogens is 214 g/mol. The maximum absolute atomic E-state index is 12.1. The van der Waals surface area contributed by atoms with Crippen molar-refractivity contribution in [3.63, 3.8) is 0 Å². The summed E-state index contributed by atoms with van der Waals surface area (Å²) in [6.07, 6.45) is 8.80. The fourth-order valence-corrected chi connectivity index (χ4v) is 3.14. The summed E-state index contributed by atoms with van der Waals surface area (Å²) in [7, 11) is 0. The SMILES string of the molecule is CC1CCCCC1OC(=O)C1CCCC(N)C1. The van der Waals surface area contributed by atoms with Gasteiger partial charge in [0.25, 0.3) is 0 Å². The van der Waals surface area contributed by atoms with Crippen LogP contribution in [-0.2, 0) is 9.53 Å². The fraction of sp³-hybridized carbons (Fsp3) is 0.929. The van der Waals surface area contributed by atoms with E-state index in [1.165, 1.54) is 19.3 Å². The Bertz CT molecular complexity index is 267. The van der Waals surface area contributed by atoms with Crippen molar-refractivity contribution in [2.75, 3.05) is 0 Å². The summed E-state index contributed by atoms with van der Waals surface area (Å²) in [6.45, 7) is 2.20. The largest absolute Gasteiger partial charge is 0.462 e. The Morgan fingerprint density at radius 1 is 1.12 bits per heavy atom. The normalized spacial score (nSPS) is 38.7. The van der Waals surface area contributed by atoms with Crippen LogP contribution < -0.4 is 5.73 Å². The van der Waals surface area contributed by atoms with Crippen molar-refractivity contribution in [1.82, 2.24) is 0 Å². The molecule has 2 fully saturated rings. The van der Waals surface area contributed by atoms with Crippen LogP contribution in [0.5, 0.6) is 0 Å². The number of hydrogen-bond acceptors (Lipinski definition) is 3. The molecule has 0 aromatic carbocycles. The lowest BCUT2D eigenvalue weighted by molar-refractivity contribution is -0.159. The molecule has 17 heavy (non-hydrogen) atoms. The van der Waals surface area contributed by atoms with Crippen molar-refractivity contribution in [2.45, 2.75) is 70.4 Å². The monoisotopic (exact) mass is 239 g/mol. The van der Waals surface area contributed by atoms with E-state index in [9.17, 15) is 4.79 Å². The van der Waals surface area contributed by atoms with Gasteiger partial charge in [0.2, 0.25) is 0 Å². The summed E-state index contributed by atoms with van der Waals surface area (Å²) < 4.78 is 5.70. The number of hydrogen-bond donors (Lipinski definition) is 1. The van der Waals surface area contributed by atoms with Gasteiger partial charge >= 0.3 is 5.97 Å². The maximum atomic E-state index is 12.1. The quantitative estimate of drug-likeness (QED) is 0.754. The van der Waals surface area contributed by atoms with Gasteiger partial charge in [-0.15, -0.1) is 0 Å². The highest BCUT2D eigenvalue weighted by atomic mass is 16.5. The highest BCUT2D eigenvalue weighted by Crippen LogP contribution is 2.29. The molecule has 0 aliphatic heterocycles. The third-order valence-electron chi connectivity index (χ3n) is 4.35. The van der Waals surface area contributed by atoms with Gasteiger partial charge in [-0.05, 0) is 44.4 Å². The van der Waals surface area contributed by atoms with E-state index < -0.39 is 0 Å². The molecule has 4 unspecified atom stereocenters. The Morgan fingerprint density at radius 3 is 2.59 bits per heavy atom. The number of carbonyl (C=O) groups is 1. The van der Waals surface area contributed by atoms with E-state index in [-0.39, 0.29) is 24.0 Å². The zero-order valence-electron chi connectivity index (χ0n) is 10.9. The van der Waals surface area contributed by atoms with Crippen molar-refractivity contribution in [3.05, 3.63) is 0 Å². The first kappa shape index (κ1) is 12.9. The highest BCUT2D eigenvalue weighted by molar-refractivity contribution is 5.72. The number of esters is 1. The highest BCUT2D eigenvalue weighted by Gasteiger charge is 2.31. The average molecular weight is 239 g/mol. The molecule has 2 aliphatic rings. The molecule has 2 N–H and O–H groups in total. The van der Waals surface area contributed by atoms with Crippen LogP contribution in [0.15, 0.2) is 0 Å². The van der Waals surface area contributed by atoms with E-state index in [0.29, 0.717) is 5.92 Å². The van der Waals surface area contributed by atoms with Crippen molar-refractivity contribution in [1.29, 1.82) is 0 Å². The van der Waals surface area contributed by atoms with Crippen LogP contribution in [-0.4, -0.2) is 18.1 Å². The molecule has 2 aliphatic carbocycles. The molecule has 0 aromatic rings. The topological polar surface area (TPSA) is 52.3 Å². The van der Waals surface area contributed by atoms with Crippen LogP contribution in [0, 0.1) is 11.8 Å². The molecule has 0 aromatic heterocycles. The molecule has 4 atom stereocenters. The van der Waals surface area contributed by atoms with E-state index in [4.69, 9.17) is 10.5 Å². The van der Waals surface area contributed by atoms with Gasteiger partial charge in [0.15, 0.2) is 0 Å². The first-order valence-electron chi connectivity index (χ1n) is 7.13. The van der Waals surface area contributed by atoms with E-state index in [0.717, 1.165) is 32.1 Å². The van der Waals surface area contributed by atoms with E-state index >= 15 is 0 Å². The second kappa shape index (κ2) is 5.85. The molecule has 0 bridgehead atoms. The minimum atomic E-state index is 0.0129.